The smallest absolute Gasteiger partial charge is 0.333 e. The van der Waals surface area contributed by atoms with Crippen molar-refractivity contribution >= 4 is 17.6 Å². The maximum absolute atomic E-state index is 12.2. The van der Waals surface area contributed by atoms with Crippen molar-refractivity contribution < 1.29 is 24.9 Å². The summed E-state index contributed by atoms with van der Waals surface area (Å²) < 4.78 is 1.27. The molecule has 23 heavy (non-hydrogen) atoms. The number of aromatic nitrogens is 2. The van der Waals surface area contributed by atoms with E-state index in [-0.39, 0.29) is 38.8 Å². The molecule has 0 aliphatic carbocycles. The summed E-state index contributed by atoms with van der Waals surface area (Å²) in [5.74, 6) is -3.16. The number of aromatic hydroxyl groups is 1. The third-order valence-electron chi connectivity index (χ3n) is 3.01. The highest BCUT2D eigenvalue weighted by molar-refractivity contribution is 5.66. The predicted molar refractivity (Wildman–Crippen MR) is 75.8 cm³/mol. The summed E-state index contributed by atoms with van der Waals surface area (Å²) in [4.78, 5) is 55.7. The van der Waals surface area contributed by atoms with Gasteiger partial charge in [-0.2, -0.15) is 0 Å². The van der Waals surface area contributed by atoms with Crippen molar-refractivity contribution in [3.05, 3.63) is 25.7 Å². The van der Waals surface area contributed by atoms with Gasteiger partial charge in [-0.1, -0.05) is 0 Å². The van der Waals surface area contributed by atoms with Gasteiger partial charge in [-0.25, -0.2) is 4.79 Å². The molecule has 0 saturated carbocycles. The van der Waals surface area contributed by atoms with Crippen LogP contribution in [0.5, 0.6) is 5.88 Å². The quantitative estimate of drug-likeness (QED) is 0.525. The number of nitrogens with zero attached hydrogens (tertiary/aromatic N) is 3. The van der Waals surface area contributed by atoms with E-state index in [1.165, 1.54) is 0 Å². The second-order valence-corrected chi connectivity index (χ2v) is 4.65. The third kappa shape index (κ3) is 4.49. The first-order valence-corrected chi connectivity index (χ1v) is 6.63. The zero-order valence-electron chi connectivity index (χ0n) is 12.0. The van der Waals surface area contributed by atoms with Gasteiger partial charge in [-0.05, 0) is 18.0 Å². The molecule has 0 aliphatic heterocycles. The minimum absolute atomic E-state index is 0.0194. The van der Waals surface area contributed by atoms with Gasteiger partial charge >= 0.3 is 17.6 Å². The molecule has 126 valence electrons. The highest BCUT2D eigenvalue weighted by Gasteiger charge is 2.19. The molecule has 11 heteroatoms. The second-order valence-electron chi connectivity index (χ2n) is 4.65. The van der Waals surface area contributed by atoms with Gasteiger partial charge in [0.15, 0.2) is 0 Å². The number of rotatable bonds is 9. The van der Waals surface area contributed by atoms with Crippen molar-refractivity contribution in [1.82, 2.24) is 9.13 Å². The SMILES string of the molecule is O=Nc1c(O)n(CCCC(=O)O)c(=O)n(CCCC(=O)O)c1=O. The number of carbonyl (C=O) groups is 2. The van der Waals surface area contributed by atoms with E-state index in [9.17, 15) is 29.2 Å². The first-order chi connectivity index (χ1) is 10.8. The lowest BCUT2D eigenvalue weighted by atomic mass is 10.3. The third-order valence-corrected chi connectivity index (χ3v) is 3.01. The molecule has 0 aliphatic rings. The summed E-state index contributed by atoms with van der Waals surface area (Å²) in [5.41, 5.74) is -2.96. The predicted octanol–water partition coefficient (Wildman–Crippen LogP) is -0.157. The van der Waals surface area contributed by atoms with E-state index in [2.05, 4.69) is 5.18 Å². The molecule has 1 rings (SSSR count). The molecule has 0 saturated heterocycles. The number of aliphatic carboxylic acids is 2. The molecule has 0 spiro atoms. The van der Waals surface area contributed by atoms with Gasteiger partial charge in [-0.3, -0.25) is 23.5 Å². The second kappa shape index (κ2) is 7.87. The lowest BCUT2D eigenvalue weighted by molar-refractivity contribution is -0.138. The molecule has 0 aromatic carbocycles. The van der Waals surface area contributed by atoms with Crippen LogP contribution in [0.2, 0.25) is 0 Å². The summed E-state index contributed by atoms with van der Waals surface area (Å²) in [6.45, 7) is -0.510. The topological polar surface area (TPSA) is 168 Å². The summed E-state index contributed by atoms with van der Waals surface area (Å²) in [6.07, 6.45) is -0.638. The van der Waals surface area contributed by atoms with E-state index < -0.39 is 34.8 Å². The Hall–Kier alpha value is -2.98. The summed E-state index contributed by atoms with van der Waals surface area (Å²) in [6, 6.07) is 0. The van der Waals surface area contributed by atoms with Crippen LogP contribution in [-0.2, 0) is 22.7 Å². The molecule has 3 N–H and O–H groups in total. The van der Waals surface area contributed by atoms with Crippen LogP contribution in [0.25, 0.3) is 0 Å². The molecule has 1 aromatic heterocycles. The molecule has 0 radical (unpaired) electrons. The number of carboxylic acids is 2. The Bertz CT molecular complexity index is 733. The van der Waals surface area contributed by atoms with E-state index >= 15 is 0 Å². The largest absolute Gasteiger partial charge is 0.493 e. The lowest BCUT2D eigenvalue weighted by Gasteiger charge is -2.12. The van der Waals surface area contributed by atoms with Crippen molar-refractivity contribution in [2.24, 2.45) is 5.18 Å². The molecular formula is C12H15N3O8. The van der Waals surface area contributed by atoms with Crippen LogP contribution in [0.3, 0.4) is 0 Å². The van der Waals surface area contributed by atoms with Crippen molar-refractivity contribution in [2.75, 3.05) is 0 Å². The van der Waals surface area contributed by atoms with Crippen LogP contribution >= 0.6 is 0 Å². The van der Waals surface area contributed by atoms with Crippen molar-refractivity contribution in [2.45, 2.75) is 38.8 Å². The molecule has 1 heterocycles. The monoisotopic (exact) mass is 329 g/mol. The Morgan fingerprint density at radius 1 is 0.957 bits per heavy atom. The fourth-order valence-electron chi connectivity index (χ4n) is 1.93. The van der Waals surface area contributed by atoms with E-state index in [0.29, 0.717) is 9.13 Å². The Balaban J connectivity index is 3.21. The first-order valence-electron chi connectivity index (χ1n) is 6.63. The minimum atomic E-state index is -1.12. The summed E-state index contributed by atoms with van der Waals surface area (Å²) >= 11 is 0. The van der Waals surface area contributed by atoms with Crippen LogP contribution in [0.4, 0.5) is 5.69 Å². The maximum Gasteiger partial charge on any atom is 0.333 e. The van der Waals surface area contributed by atoms with Crippen LogP contribution in [0.15, 0.2) is 14.8 Å². The number of nitroso groups, excluding NO2 is 1. The van der Waals surface area contributed by atoms with Gasteiger partial charge in [-0.15, -0.1) is 4.91 Å². The van der Waals surface area contributed by atoms with Crippen molar-refractivity contribution in [3.8, 4) is 5.88 Å². The Morgan fingerprint density at radius 2 is 1.43 bits per heavy atom. The average Bonchev–Trinajstić information content (AvgIpc) is 2.46. The average molecular weight is 329 g/mol. The number of carboxylic acid groups (broad SMARTS) is 2. The van der Waals surface area contributed by atoms with Crippen LogP contribution < -0.4 is 11.2 Å². The minimum Gasteiger partial charge on any atom is -0.493 e. The standard InChI is InChI=1S/C12H15N3O8/c16-7(17)3-1-5-14-10(20)9(13-23)11(21)15(12(14)22)6-2-4-8(18)19/h20H,1-6H2,(H,16,17)(H,18,19). The van der Waals surface area contributed by atoms with Gasteiger partial charge in [0.25, 0.3) is 5.56 Å². The van der Waals surface area contributed by atoms with Gasteiger partial charge < -0.3 is 15.3 Å². The van der Waals surface area contributed by atoms with E-state index in [0.717, 1.165) is 0 Å². The van der Waals surface area contributed by atoms with Gasteiger partial charge in [0.2, 0.25) is 11.6 Å². The lowest BCUT2D eigenvalue weighted by Crippen LogP contribution is -2.39. The molecule has 0 bridgehead atoms. The van der Waals surface area contributed by atoms with E-state index in [1.54, 1.807) is 0 Å². The zero-order valence-corrected chi connectivity index (χ0v) is 12.0. The van der Waals surface area contributed by atoms with Crippen molar-refractivity contribution in [3.63, 3.8) is 0 Å². The molecule has 0 amide bonds. The fraction of sp³-hybridized carbons (Fsp3) is 0.500. The Morgan fingerprint density at radius 3 is 1.87 bits per heavy atom. The number of hydrogen-bond donors (Lipinski definition) is 3. The van der Waals surface area contributed by atoms with Gasteiger partial charge in [0, 0.05) is 25.9 Å². The van der Waals surface area contributed by atoms with Gasteiger partial charge in [0.1, 0.15) is 0 Å². The molecule has 0 unspecified atom stereocenters. The van der Waals surface area contributed by atoms with Crippen LogP contribution in [0, 0.1) is 4.91 Å². The normalized spacial score (nSPS) is 10.4. The van der Waals surface area contributed by atoms with Gasteiger partial charge in [0.05, 0.1) is 0 Å². The highest BCUT2D eigenvalue weighted by Crippen LogP contribution is 2.19. The molecule has 0 fully saturated rings. The Labute approximate surface area is 128 Å². The molecular weight excluding hydrogens is 314 g/mol. The summed E-state index contributed by atoms with van der Waals surface area (Å²) in [7, 11) is 0. The Kier molecular flexibility index (Phi) is 6.18. The van der Waals surface area contributed by atoms with Crippen LogP contribution in [0.1, 0.15) is 25.7 Å². The zero-order chi connectivity index (χ0) is 17.6. The molecule has 11 nitrogen and oxygen atoms in total. The molecule has 1 aromatic rings. The van der Waals surface area contributed by atoms with E-state index in [1.807, 2.05) is 0 Å². The summed E-state index contributed by atoms with van der Waals surface area (Å²) in [5, 5.41) is 29.3. The highest BCUT2D eigenvalue weighted by atomic mass is 16.4. The fourth-order valence-corrected chi connectivity index (χ4v) is 1.93. The van der Waals surface area contributed by atoms with Crippen molar-refractivity contribution in [1.29, 1.82) is 0 Å². The molecule has 0 atom stereocenters. The number of hydrogen-bond acceptors (Lipinski definition) is 7. The first kappa shape index (κ1) is 18.1. The van der Waals surface area contributed by atoms with E-state index in [4.69, 9.17) is 10.2 Å². The van der Waals surface area contributed by atoms with Crippen LogP contribution in [-0.4, -0.2) is 36.4 Å². The maximum atomic E-state index is 12.2.